The fraction of sp³-hybridized carbons (Fsp3) is 0.333. The summed E-state index contributed by atoms with van der Waals surface area (Å²) in [6.45, 7) is 2.08. The van der Waals surface area contributed by atoms with Gasteiger partial charge in [0.2, 0.25) is 0 Å². The van der Waals surface area contributed by atoms with Crippen molar-refractivity contribution in [3.8, 4) is 6.07 Å². The Bertz CT molecular complexity index is 351. The van der Waals surface area contributed by atoms with E-state index in [1.165, 1.54) is 16.2 Å². The largest absolute Gasteiger partial charge is 0.328 e. The van der Waals surface area contributed by atoms with E-state index in [0.717, 1.165) is 4.88 Å². The van der Waals surface area contributed by atoms with Crippen LogP contribution in [0.2, 0.25) is 0 Å². The molecule has 0 bridgehead atoms. The summed E-state index contributed by atoms with van der Waals surface area (Å²) in [5, 5.41) is 8.40. The van der Waals surface area contributed by atoms with Crippen molar-refractivity contribution >= 4 is 17.2 Å². The van der Waals surface area contributed by atoms with Gasteiger partial charge >= 0.3 is 0 Å². The molecule has 4 heteroatoms. The van der Waals surface area contributed by atoms with Crippen molar-refractivity contribution in [3.05, 3.63) is 21.9 Å². The highest BCUT2D eigenvalue weighted by atomic mass is 32.1. The molecular weight excluding hydrogens is 184 g/mol. The number of nitrogens with zero attached hydrogens (tertiary/aromatic N) is 2. The zero-order chi connectivity index (χ0) is 9.84. The molecule has 0 spiro atoms. The average molecular weight is 194 g/mol. The fourth-order valence-corrected chi connectivity index (χ4v) is 1.78. The van der Waals surface area contributed by atoms with Crippen LogP contribution in [0.25, 0.3) is 0 Å². The molecule has 0 aliphatic carbocycles. The summed E-state index contributed by atoms with van der Waals surface area (Å²) in [5.74, 6) is -0.0837. The standard InChI is InChI=1S/C9H10N2OS/c1-7-3-4-8(13-7)9(12)11(2)6-5-10/h3-4H,6H2,1-2H3. The van der Waals surface area contributed by atoms with Gasteiger partial charge in [0.15, 0.2) is 0 Å². The minimum atomic E-state index is -0.0837. The molecule has 13 heavy (non-hydrogen) atoms. The third-order valence-corrected chi connectivity index (χ3v) is 2.59. The van der Waals surface area contributed by atoms with Crippen LogP contribution in [-0.2, 0) is 0 Å². The molecule has 0 aromatic carbocycles. The number of thiophene rings is 1. The summed E-state index contributed by atoms with van der Waals surface area (Å²) in [4.78, 5) is 14.7. The molecule has 1 amide bonds. The van der Waals surface area contributed by atoms with E-state index in [4.69, 9.17) is 5.26 Å². The van der Waals surface area contributed by atoms with E-state index >= 15 is 0 Å². The fourth-order valence-electron chi connectivity index (χ4n) is 0.915. The first kappa shape index (κ1) is 9.75. The normalized spacial score (nSPS) is 9.31. The number of amides is 1. The minimum absolute atomic E-state index is 0.0837. The van der Waals surface area contributed by atoms with Crippen molar-refractivity contribution in [2.45, 2.75) is 6.92 Å². The third-order valence-electron chi connectivity index (χ3n) is 1.61. The molecule has 0 aliphatic heterocycles. The highest BCUT2D eigenvalue weighted by molar-refractivity contribution is 7.13. The third kappa shape index (κ3) is 2.30. The molecule has 0 unspecified atom stereocenters. The van der Waals surface area contributed by atoms with Gasteiger partial charge in [0.05, 0.1) is 10.9 Å². The molecule has 1 aromatic rings. The second kappa shape index (κ2) is 4.06. The van der Waals surface area contributed by atoms with Gasteiger partial charge in [-0.2, -0.15) is 5.26 Å². The summed E-state index contributed by atoms with van der Waals surface area (Å²) >= 11 is 1.45. The van der Waals surface area contributed by atoms with Crippen LogP contribution in [0.4, 0.5) is 0 Å². The zero-order valence-corrected chi connectivity index (χ0v) is 8.39. The Labute approximate surface area is 81.2 Å². The van der Waals surface area contributed by atoms with E-state index in [2.05, 4.69) is 0 Å². The summed E-state index contributed by atoms with van der Waals surface area (Å²) in [7, 11) is 1.63. The van der Waals surface area contributed by atoms with Crippen LogP contribution in [0.1, 0.15) is 14.5 Å². The lowest BCUT2D eigenvalue weighted by atomic mass is 10.4. The Balaban J connectivity index is 2.74. The second-order valence-electron chi connectivity index (χ2n) is 2.73. The lowest BCUT2D eigenvalue weighted by Crippen LogP contribution is -2.26. The van der Waals surface area contributed by atoms with Crippen LogP contribution in [0.3, 0.4) is 0 Å². The van der Waals surface area contributed by atoms with Crippen LogP contribution in [-0.4, -0.2) is 24.4 Å². The van der Waals surface area contributed by atoms with Gasteiger partial charge in [-0.15, -0.1) is 11.3 Å². The van der Waals surface area contributed by atoms with Gasteiger partial charge in [-0.3, -0.25) is 4.79 Å². The highest BCUT2D eigenvalue weighted by Gasteiger charge is 2.12. The van der Waals surface area contributed by atoms with Gasteiger partial charge in [0.25, 0.3) is 5.91 Å². The molecule has 0 saturated carbocycles. The molecule has 3 nitrogen and oxygen atoms in total. The molecule has 0 saturated heterocycles. The second-order valence-corrected chi connectivity index (χ2v) is 4.02. The Morgan fingerprint density at radius 3 is 2.85 bits per heavy atom. The Hall–Kier alpha value is -1.34. The molecule has 0 atom stereocenters. The number of hydrogen-bond acceptors (Lipinski definition) is 3. The van der Waals surface area contributed by atoms with Crippen molar-refractivity contribution in [1.29, 1.82) is 5.26 Å². The molecule has 1 aromatic heterocycles. The lowest BCUT2D eigenvalue weighted by molar-refractivity contribution is 0.0816. The van der Waals surface area contributed by atoms with E-state index in [-0.39, 0.29) is 12.5 Å². The number of carbonyl (C=O) groups excluding carboxylic acids is 1. The smallest absolute Gasteiger partial charge is 0.264 e. The maximum atomic E-state index is 11.5. The van der Waals surface area contributed by atoms with Crippen LogP contribution in [0.15, 0.2) is 12.1 Å². The number of rotatable bonds is 2. The molecule has 0 fully saturated rings. The monoisotopic (exact) mass is 194 g/mol. The van der Waals surface area contributed by atoms with Gasteiger partial charge < -0.3 is 4.90 Å². The Morgan fingerprint density at radius 1 is 1.69 bits per heavy atom. The van der Waals surface area contributed by atoms with Crippen LogP contribution >= 0.6 is 11.3 Å². The van der Waals surface area contributed by atoms with Gasteiger partial charge in [-0.1, -0.05) is 0 Å². The van der Waals surface area contributed by atoms with Crippen molar-refractivity contribution in [3.63, 3.8) is 0 Å². The highest BCUT2D eigenvalue weighted by Crippen LogP contribution is 2.16. The van der Waals surface area contributed by atoms with E-state index in [1.807, 2.05) is 19.1 Å². The maximum Gasteiger partial charge on any atom is 0.264 e. The number of hydrogen-bond donors (Lipinski definition) is 0. The first-order chi connectivity index (χ1) is 6.15. The molecule has 0 N–H and O–H groups in total. The SMILES string of the molecule is Cc1ccc(C(=O)N(C)CC#N)s1. The summed E-state index contributed by atoms with van der Waals surface area (Å²) in [6, 6.07) is 5.62. The first-order valence-electron chi connectivity index (χ1n) is 3.84. The van der Waals surface area contributed by atoms with E-state index in [1.54, 1.807) is 13.1 Å². The van der Waals surface area contributed by atoms with Crippen molar-refractivity contribution in [2.75, 3.05) is 13.6 Å². The number of aryl methyl sites for hydroxylation is 1. The summed E-state index contributed by atoms with van der Waals surface area (Å²) < 4.78 is 0. The van der Waals surface area contributed by atoms with Gasteiger partial charge in [0.1, 0.15) is 6.54 Å². The molecule has 0 radical (unpaired) electrons. The summed E-state index contributed by atoms with van der Waals surface area (Å²) in [6.07, 6.45) is 0. The molecule has 1 rings (SSSR count). The first-order valence-corrected chi connectivity index (χ1v) is 4.65. The number of nitriles is 1. The predicted octanol–water partition coefficient (Wildman–Crippen LogP) is 1.65. The van der Waals surface area contributed by atoms with E-state index in [0.29, 0.717) is 4.88 Å². The Kier molecular flexibility index (Phi) is 3.04. The zero-order valence-electron chi connectivity index (χ0n) is 7.57. The van der Waals surface area contributed by atoms with Crippen molar-refractivity contribution in [1.82, 2.24) is 4.90 Å². The van der Waals surface area contributed by atoms with Crippen LogP contribution in [0.5, 0.6) is 0 Å². The van der Waals surface area contributed by atoms with Crippen LogP contribution in [0, 0.1) is 18.3 Å². The predicted molar refractivity (Wildman–Crippen MR) is 51.6 cm³/mol. The molecular formula is C9H10N2OS. The van der Waals surface area contributed by atoms with Crippen molar-refractivity contribution < 1.29 is 4.79 Å². The van der Waals surface area contributed by atoms with Crippen LogP contribution < -0.4 is 0 Å². The van der Waals surface area contributed by atoms with Gasteiger partial charge in [0, 0.05) is 11.9 Å². The topological polar surface area (TPSA) is 44.1 Å². The molecule has 68 valence electrons. The number of carbonyl (C=O) groups is 1. The Morgan fingerprint density at radius 2 is 2.38 bits per heavy atom. The van der Waals surface area contributed by atoms with Gasteiger partial charge in [-0.25, -0.2) is 0 Å². The summed E-state index contributed by atoms with van der Waals surface area (Å²) in [5.41, 5.74) is 0. The minimum Gasteiger partial charge on any atom is -0.328 e. The quantitative estimate of drug-likeness (QED) is 0.672. The maximum absolute atomic E-state index is 11.5. The van der Waals surface area contributed by atoms with E-state index in [9.17, 15) is 4.79 Å². The lowest BCUT2D eigenvalue weighted by Gasteiger charge is -2.10. The van der Waals surface area contributed by atoms with Gasteiger partial charge in [-0.05, 0) is 19.1 Å². The molecule has 1 heterocycles. The molecule has 0 aliphatic rings. The average Bonchev–Trinajstić information content (AvgIpc) is 2.51. The van der Waals surface area contributed by atoms with Crippen molar-refractivity contribution in [2.24, 2.45) is 0 Å². The van der Waals surface area contributed by atoms with E-state index < -0.39 is 0 Å².